The number of piperazine rings is 1. The maximum atomic E-state index is 13.3. The van der Waals surface area contributed by atoms with Crippen molar-refractivity contribution in [2.45, 2.75) is 86.8 Å². The van der Waals surface area contributed by atoms with Gasteiger partial charge in [0.25, 0.3) is 0 Å². The minimum absolute atomic E-state index is 0. The zero-order valence-electron chi connectivity index (χ0n) is 31.6. The Morgan fingerprint density at radius 1 is 0.891 bits per heavy atom. The van der Waals surface area contributed by atoms with Gasteiger partial charge in [-0.05, 0) is 123 Å². The summed E-state index contributed by atoms with van der Waals surface area (Å²) in [5.74, 6) is 2.23. The second kappa shape index (κ2) is 18.3. The molecule has 5 atom stereocenters. The number of rotatable bonds is 7. The predicted octanol–water partition coefficient (Wildman–Crippen LogP) is 9.33. The standard InChI is InChI=1S/C22H26F3N3OS.C20H26O3.2ClH/c23-22(24,25)17-6-7-21-19(16-17)28(18-4-1-2-5-20(18)30-21)9-3-8-26-10-12-27(13-11-26)14-15-29;1-12(21)23-19-8-7-18-17-5-3-13-11-14(22)4-6-15(13)16(17)9-10-20(18,19)2;;/h1-2,4-7,16,29H,3,8-15H2;4,6,11,16-19,22H,3,5,7-10H2,1-2H3;2*1H. The highest BCUT2D eigenvalue weighted by molar-refractivity contribution is 7.99. The molecule has 0 spiro atoms. The lowest BCUT2D eigenvalue weighted by Crippen LogP contribution is -2.47. The fourth-order valence-electron chi connectivity index (χ4n) is 9.99. The summed E-state index contributed by atoms with van der Waals surface area (Å²) >= 11 is 1.53. The van der Waals surface area contributed by atoms with E-state index in [1.54, 1.807) is 6.07 Å². The molecule has 2 heterocycles. The Kier molecular flexibility index (Phi) is 14.4. The molecule has 55 heavy (non-hydrogen) atoms. The number of hydrogen-bond acceptors (Lipinski definition) is 8. The van der Waals surface area contributed by atoms with Gasteiger partial charge in [0, 0.05) is 61.4 Å². The first-order valence-electron chi connectivity index (χ1n) is 19.2. The number of halogens is 5. The molecule has 2 N–H and O–H groups in total. The number of fused-ring (bicyclic) bond motifs is 7. The van der Waals surface area contributed by atoms with Gasteiger partial charge >= 0.3 is 12.1 Å². The zero-order valence-corrected chi connectivity index (χ0v) is 34.1. The minimum Gasteiger partial charge on any atom is -0.508 e. The smallest absolute Gasteiger partial charge is 0.416 e. The molecule has 5 aliphatic rings. The first kappa shape index (κ1) is 43.5. The van der Waals surface area contributed by atoms with E-state index in [-0.39, 0.29) is 48.9 Å². The van der Waals surface area contributed by atoms with Gasteiger partial charge in [-0.2, -0.15) is 13.2 Å². The lowest BCUT2D eigenvalue weighted by molar-refractivity contribution is -0.154. The number of carbonyl (C=O) groups is 1. The van der Waals surface area contributed by atoms with Gasteiger partial charge in [0.15, 0.2) is 0 Å². The van der Waals surface area contributed by atoms with Gasteiger partial charge in [0.05, 0.1) is 23.5 Å². The number of esters is 1. The summed E-state index contributed by atoms with van der Waals surface area (Å²) in [5, 5.41) is 18.8. The van der Waals surface area contributed by atoms with Crippen molar-refractivity contribution in [3.63, 3.8) is 0 Å². The SMILES string of the molecule is CC(=O)OC1CCC2C3CCc4cc(O)ccc4C3CCC12C.Cl.Cl.OCCN1CCN(CCCN2c3ccccc3Sc3ccc(C(F)(F)F)cc32)CC1. The van der Waals surface area contributed by atoms with Crippen LogP contribution in [0, 0.1) is 17.3 Å². The molecule has 0 amide bonds. The number of aromatic hydroxyl groups is 1. The maximum absolute atomic E-state index is 13.3. The molecule has 0 aromatic heterocycles. The molecular formula is C42H54Cl2F3N3O4S. The highest BCUT2D eigenvalue weighted by Crippen LogP contribution is 2.61. The van der Waals surface area contributed by atoms with Crippen LogP contribution in [-0.2, 0) is 22.1 Å². The number of aliphatic hydroxyl groups is 1. The van der Waals surface area contributed by atoms with Gasteiger partial charge in [-0.1, -0.05) is 36.9 Å². The first-order valence-corrected chi connectivity index (χ1v) is 20.1. The normalized spacial score (nSPS) is 25.7. The number of aryl methyl sites for hydroxylation is 1. The van der Waals surface area contributed by atoms with Crippen LogP contribution in [0.3, 0.4) is 0 Å². The van der Waals surface area contributed by atoms with E-state index in [0.29, 0.717) is 42.3 Å². The fourth-order valence-corrected chi connectivity index (χ4v) is 11.1. The van der Waals surface area contributed by atoms with Crippen molar-refractivity contribution in [2.24, 2.45) is 17.3 Å². The van der Waals surface area contributed by atoms with E-state index in [1.165, 1.54) is 61.2 Å². The van der Waals surface area contributed by atoms with Crippen LogP contribution in [-0.4, -0.2) is 84.5 Å². The Morgan fingerprint density at radius 3 is 2.31 bits per heavy atom. The van der Waals surface area contributed by atoms with Crippen molar-refractivity contribution >= 4 is 53.9 Å². The van der Waals surface area contributed by atoms with Gasteiger partial charge in [0.1, 0.15) is 11.9 Å². The van der Waals surface area contributed by atoms with Crippen LogP contribution in [0.1, 0.15) is 75.0 Å². The van der Waals surface area contributed by atoms with Gasteiger partial charge in [-0.15, -0.1) is 24.8 Å². The highest BCUT2D eigenvalue weighted by atomic mass is 35.5. The molecule has 2 aliphatic heterocycles. The minimum atomic E-state index is -4.35. The van der Waals surface area contributed by atoms with E-state index in [0.717, 1.165) is 73.9 Å². The number of nitrogens with zero attached hydrogens (tertiary/aromatic N) is 3. The number of aliphatic hydroxyl groups excluding tert-OH is 1. The summed E-state index contributed by atoms with van der Waals surface area (Å²) in [5.41, 5.74) is 3.96. The molecular weight excluding hydrogens is 770 g/mol. The molecule has 13 heteroatoms. The average Bonchev–Trinajstić information content (AvgIpc) is 3.46. The zero-order chi connectivity index (χ0) is 37.3. The maximum Gasteiger partial charge on any atom is 0.416 e. The summed E-state index contributed by atoms with van der Waals surface area (Å²) in [6.07, 6.45) is 3.40. The third-order valence-corrected chi connectivity index (χ3v) is 13.8. The number of benzene rings is 3. The number of anilines is 2. The largest absolute Gasteiger partial charge is 0.508 e. The van der Waals surface area contributed by atoms with Gasteiger partial charge in [-0.3, -0.25) is 9.69 Å². The molecule has 0 bridgehead atoms. The van der Waals surface area contributed by atoms with Crippen LogP contribution in [0.4, 0.5) is 24.5 Å². The molecule has 3 aromatic carbocycles. The molecule has 0 radical (unpaired) electrons. The Labute approximate surface area is 339 Å². The average molecular weight is 825 g/mol. The molecule has 5 unspecified atom stereocenters. The Morgan fingerprint density at radius 2 is 1.60 bits per heavy atom. The van der Waals surface area contributed by atoms with Crippen molar-refractivity contribution in [3.8, 4) is 5.75 Å². The summed E-state index contributed by atoms with van der Waals surface area (Å²) in [4.78, 5) is 20.1. The molecule has 8 rings (SSSR count). The molecule has 3 aromatic rings. The van der Waals surface area contributed by atoms with Crippen LogP contribution in [0.25, 0.3) is 0 Å². The molecule has 3 fully saturated rings. The molecule has 3 aliphatic carbocycles. The van der Waals surface area contributed by atoms with E-state index in [2.05, 4.69) is 22.8 Å². The van der Waals surface area contributed by atoms with Crippen molar-refractivity contribution < 1.29 is 32.9 Å². The van der Waals surface area contributed by atoms with Crippen LogP contribution < -0.4 is 4.90 Å². The van der Waals surface area contributed by atoms with Crippen LogP contribution >= 0.6 is 36.6 Å². The number of para-hydroxylation sites is 1. The Bertz CT molecular complexity index is 1780. The number of β-amino-alcohol motifs (C(OH)–C–C–N with tert-alkyl or cyclic N) is 1. The van der Waals surface area contributed by atoms with Crippen molar-refractivity contribution in [3.05, 3.63) is 77.4 Å². The van der Waals surface area contributed by atoms with Crippen molar-refractivity contribution in [1.29, 1.82) is 0 Å². The van der Waals surface area contributed by atoms with Gasteiger partial charge in [-0.25, -0.2) is 0 Å². The van der Waals surface area contributed by atoms with E-state index >= 15 is 0 Å². The molecule has 302 valence electrons. The topological polar surface area (TPSA) is 76.5 Å². The summed E-state index contributed by atoms with van der Waals surface area (Å²) in [7, 11) is 0. The van der Waals surface area contributed by atoms with E-state index in [1.807, 2.05) is 41.3 Å². The highest BCUT2D eigenvalue weighted by Gasteiger charge is 2.56. The number of phenolic OH excluding ortho intramolecular Hbond substituents is 1. The predicted molar refractivity (Wildman–Crippen MR) is 216 cm³/mol. The molecule has 1 saturated heterocycles. The number of carbonyl (C=O) groups excluding carboxylic acids is 1. The second-order valence-electron chi connectivity index (χ2n) is 15.7. The number of phenols is 1. The Balaban J connectivity index is 0.000000210. The third-order valence-electron chi connectivity index (χ3n) is 12.6. The van der Waals surface area contributed by atoms with Crippen LogP contribution in [0.5, 0.6) is 5.75 Å². The van der Waals surface area contributed by atoms with E-state index in [9.17, 15) is 23.1 Å². The van der Waals surface area contributed by atoms with Crippen LogP contribution in [0.15, 0.2) is 70.5 Å². The summed E-state index contributed by atoms with van der Waals surface area (Å²) in [6.45, 7) is 10.2. The number of ether oxygens (including phenoxy) is 1. The van der Waals surface area contributed by atoms with E-state index < -0.39 is 11.7 Å². The Hall–Kier alpha value is -2.67. The number of alkyl halides is 3. The van der Waals surface area contributed by atoms with Crippen molar-refractivity contribution in [1.82, 2.24) is 9.80 Å². The lowest BCUT2D eigenvalue weighted by Gasteiger charge is -2.50. The quantitative estimate of drug-likeness (QED) is 0.229. The van der Waals surface area contributed by atoms with Gasteiger partial charge in [0.2, 0.25) is 0 Å². The monoisotopic (exact) mass is 823 g/mol. The van der Waals surface area contributed by atoms with Crippen LogP contribution in [0.2, 0.25) is 0 Å². The molecule has 7 nitrogen and oxygen atoms in total. The number of hydrogen-bond donors (Lipinski definition) is 2. The lowest BCUT2D eigenvalue weighted by atomic mass is 9.55. The molecule has 2 saturated carbocycles. The van der Waals surface area contributed by atoms with E-state index in [4.69, 9.17) is 9.84 Å². The summed E-state index contributed by atoms with van der Waals surface area (Å²) < 4.78 is 45.6. The first-order chi connectivity index (χ1) is 25.4. The third kappa shape index (κ3) is 9.39. The second-order valence-corrected chi connectivity index (χ2v) is 16.8. The van der Waals surface area contributed by atoms with Crippen molar-refractivity contribution in [2.75, 3.05) is 57.3 Å². The fraction of sp³-hybridized carbons (Fsp3) is 0.548. The summed E-state index contributed by atoms with van der Waals surface area (Å²) in [6, 6.07) is 17.9. The van der Waals surface area contributed by atoms with Gasteiger partial charge < -0.3 is 24.7 Å².